The molecular formula is C16H17F5O5. The van der Waals surface area contributed by atoms with Crippen LogP contribution in [0.3, 0.4) is 0 Å². The van der Waals surface area contributed by atoms with E-state index in [0.717, 1.165) is 6.42 Å². The highest BCUT2D eigenvalue weighted by Gasteiger charge is 2.27. The first-order valence-corrected chi connectivity index (χ1v) is 7.75. The van der Waals surface area contributed by atoms with Crippen molar-refractivity contribution in [3.63, 3.8) is 0 Å². The fourth-order valence-corrected chi connectivity index (χ4v) is 1.69. The van der Waals surface area contributed by atoms with Crippen LogP contribution in [0.2, 0.25) is 0 Å². The topological polar surface area (TPSA) is 61.8 Å². The van der Waals surface area contributed by atoms with Gasteiger partial charge in [-0.3, -0.25) is 9.59 Å². The van der Waals surface area contributed by atoms with Crippen LogP contribution >= 0.6 is 0 Å². The van der Waals surface area contributed by atoms with Gasteiger partial charge in [-0.1, -0.05) is 13.3 Å². The van der Waals surface area contributed by atoms with Crippen LogP contribution in [0.15, 0.2) is 0 Å². The third-order valence-electron chi connectivity index (χ3n) is 3.06. The predicted octanol–water partition coefficient (Wildman–Crippen LogP) is 3.43. The molecule has 5 nitrogen and oxygen atoms in total. The molecule has 0 aliphatic heterocycles. The molecule has 0 bridgehead atoms. The van der Waals surface area contributed by atoms with Gasteiger partial charge in [0.15, 0.2) is 5.75 Å². The van der Waals surface area contributed by atoms with Crippen molar-refractivity contribution >= 4 is 11.9 Å². The molecular weight excluding hydrogens is 367 g/mol. The number of carbonyl (C=O) groups excluding carboxylic acids is 2. The molecule has 0 saturated heterocycles. The Morgan fingerprint density at radius 3 is 1.69 bits per heavy atom. The second kappa shape index (κ2) is 10.6. The van der Waals surface area contributed by atoms with Gasteiger partial charge in [0.05, 0.1) is 19.4 Å². The normalized spacial score (nSPS) is 10.5. The van der Waals surface area contributed by atoms with Crippen molar-refractivity contribution in [1.29, 1.82) is 0 Å². The minimum absolute atomic E-state index is 0.207. The zero-order chi connectivity index (χ0) is 19.7. The van der Waals surface area contributed by atoms with E-state index in [9.17, 15) is 31.5 Å². The molecule has 0 aliphatic carbocycles. The maximum absolute atomic E-state index is 13.3. The van der Waals surface area contributed by atoms with E-state index in [1.807, 2.05) is 6.92 Å². The lowest BCUT2D eigenvalue weighted by atomic mass is 10.2. The van der Waals surface area contributed by atoms with Crippen molar-refractivity contribution in [1.82, 2.24) is 0 Å². The second-order valence-electron chi connectivity index (χ2n) is 5.04. The standard InChI is InChI=1S/C16H17F5O5/c1-2-3-6-24-9(22)4-5-10(23)25-7-8-26-16-14(20)12(18)11(17)13(19)15(16)21/h2-8H2,1H3. The Bertz CT molecular complexity index is 621. The summed E-state index contributed by atoms with van der Waals surface area (Å²) in [6.07, 6.45) is 1.05. The predicted molar refractivity (Wildman–Crippen MR) is 77.8 cm³/mol. The minimum atomic E-state index is -2.30. The number of ether oxygens (including phenoxy) is 3. The van der Waals surface area contributed by atoms with Crippen LogP contribution in [-0.4, -0.2) is 31.8 Å². The Hall–Kier alpha value is -2.39. The van der Waals surface area contributed by atoms with Gasteiger partial charge in [0.2, 0.25) is 29.1 Å². The Labute approximate surface area is 146 Å². The van der Waals surface area contributed by atoms with Crippen LogP contribution in [0, 0.1) is 29.1 Å². The molecule has 10 heteroatoms. The molecule has 26 heavy (non-hydrogen) atoms. The molecule has 0 aromatic heterocycles. The molecule has 0 N–H and O–H groups in total. The number of benzene rings is 1. The number of hydrogen-bond donors (Lipinski definition) is 0. The molecule has 1 rings (SSSR count). The fraction of sp³-hybridized carbons (Fsp3) is 0.500. The summed E-state index contributed by atoms with van der Waals surface area (Å²) in [5.74, 6) is -13.7. The molecule has 0 fully saturated rings. The summed E-state index contributed by atoms with van der Waals surface area (Å²) in [5.41, 5.74) is 0. The second-order valence-corrected chi connectivity index (χ2v) is 5.04. The Kier molecular flexibility index (Phi) is 8.80. The Morgan fingerprint density at radius 1 is 0.731 bits per heavy atom. The van der Waals surface area contributed by atoms with E-state index in [-0.39, 0.29) is 19.4 Å². The quantitative estimate of drug-likeness (QED) is 0.203. The van der Waals surface area contributed by atoms with Gasteiger partial charge in [0, 0.05) is 0 Å². The summed E-state index contributed by atoms with van der Waals surface area (Å²) in [5, 5.41) is 0. The van der Waals surface area contributed by atoms with Crippen molar-refractivity contribution in [3.8, 4) is 5.75 Å². The molecule has 0 radical (unpaired) electrons. The van der Waals surface area contributed by atoms with Crippen molar-refractivity contribution in [2.45, 2.75) is 32.6 Å². The highest BCUT2D eigenvalue weighted by Crippen LogP contribution is 2.28. The molecule has 1 aromatic rings. The number of esters is 2. The monoisotopic (exact) mass is 384 g/mol. The lowest BCUT2D eigenvalue weighted by Crippen LogP contribution is -2.16. The van der Waals surface area contributed by atoms with Gasteiger partial charge in [-0.05, 0) is 6.42 Å². The third kappa shape index (κ3) is 6.16. The Morgan fingerprint density at radius 2 is 1.19 bits per heavy atom. The largest absolute Gasteiger partial charge is 0.484 e. The lowest BCUT2D eigenvalue weighted by Gasteiger charge is -2.10. The average Bonchev–Trinajstić information content (AvgIpc) is 2.62. The number of unbranched alkanes of at least 4 members (excludes halogenated alkanes) is 1. The summed E-state index contributed by atoms with van der Waals surface area (Å²) < 4.78 is 79.3. The molecule has 0 amide bonds. The molecule has 0 atom stereocenters. The summed E-state index contributed by atoms with van der Waals surface area (Å²) in [4.78, 5) is 22.6. The fourth-order valence-electron chi connectivity index (χ4n) is 1.69. The highest BCUT2D eigenvalue weighted by molar-refractivity contribution is 5.77. The first-order chi connectivity index (χ1) is 12.3. The van der Waals surface area contributed by atoms with Crippen LogP contribution in [0.25, 0.3) is 0 Å². The molecule has 0 saturated carbocycles. The average molecular weight is 384 g/mol. The van der Waals surface area contributed by atoms with Crippen LogP contribution in [0.1, 0.15) is 32.6 Å². The number of halogens is 5. The summed E-state index contributed by atoms with van der Waals surface area (Å²) in [6, 6.07) is 0. The van der Waals surface area contributed by atoms with E-state index in [2.05, 4.69) is 9.47 Å². The summed E-state index contributed by atoms with van der Waals surface area (Å²) >= 11 is 0. The lowest BCUT2D eigenvalue weighted by molar-refractivity contribution is -0.150. The van der Waals surface area contributed by atoms with E-state index in [0.29, 0.717) is 6.42 Å². The summed E-state index contributed by atoms with van der Waals surface area (Å²) in [7, 11) is 0. The van der Waals surface area contributed by atoms with Gasteiger partial charge < -0.3 is 14.2 Å². The number of hydrogen-bond acceptors (Lipinski definition) is 5. The van der Waals surface area contributed by atoms with Crippen LogP contribution in [0.5, 0.6) is 5.75 Å². The molecule has 146 valence electrons. The van der Waals surface area contributed by atoms with E-state index in [1.54, 1.807) is 0 Å². The van der Waals surface area contributed by atoms with Gasteiger partial charge in [0.1, 0.15) is 13.2 Å². The molecule has 0 heterocycles. The van der Waals surface area contributed by atoms with E-state index in [4.69, 9.17) is 4.74 Å². The zero-order valence-corrected chi connectivity index (χ0v) is 13.9. The van der Waals surface area contributed by atoms with Crippen molar-refractivity contribution in [2.75, 3.05) is 19.8 Å². The van der Waals surface area contributed by atoms with Crippen LogP contribution in [0.4, 0.5) is 22.0 Å². The van der Waals surface area contributed by atoms with E-state index >= 15 is 0 Å². The first kappa shape index (κ1) is 21.7. The third-order valence-corrected chi connectivity index (χ3v) is 3.06. The number of rotatable bonds is 10. The molecule has 0 aliphatic rings. The number of carbonyl (C=O) groups is 2. The van der Waals surface area contributed by atoms with Crippen molar-refractivity contribution in [2.24, 2.45) is 0 Å². The van der Waals surface area contributed by atoms with Crippen molar-refractivity contribution in [3.05, 3.63) is 29.1 Å². The summed E-state index contributed by atoms with van der Waals surface area (Å²) in [6.45, 7) is 1.01. The maximum Gasteiger partial charge on any atom is 0.306 e. The SMILES string of the molecule is CCCCOC(=O)CCC(=O)OCCOc1c(F)c(F)c(F)c(F)c1F. The highest BCUT2D eigenvalue weighted by atomic mass is 19.2. The molecule has 0 spiro atoms. The van der Waals surface area contributed by atoms with Crippen molar-refractivity contribution < 1.29 is 45.8 Å². The zero-order valence-electron chi connectivity index (χ0n) is 13.9. The minimum Gasteiger partial charge on any atom is -0.484 e. The van der Waals surface area contributed by atoms with Gasteiger partial charge in [0.25, 0.3) is 0 Å². The van der Waals surface area contributed by atoms with E-state index < -0.39 is 60.0 Å². The smallest absolute Gasteiger partial charge is 0.306 e. The van der Waals surface area contributed by atoms with Gasteiger partial charge in [-0.2, -0.15) is 8.78 Å². The maximum atomic E-state index is 13.3. The van der Waals surface area contributed by atoms with Crippen LogP contribution < -0.4 is 4.74 Å². The van der Waals surface area contributed by atoms with Gasteiger partial charge in [-0.15, -0.1) is 0 Å². The molecule has 0 unspecified atom stereocenters. The van der Waals surface area contributed by atoms with Gasteiger partial charge in [-0.25, -0.2) is 13.2 Å². The van der Waals surface area contributed by atoms with Gasteiger partial charge >= 0.3 is 11.9 Å². The van der Waals surface area contributed by atoms with Crippen LogP contribution in [-0.2, 0) is 19.1 Å². The first-order valence-electron chi connectivity index (χ1n) is 7.75. The van der Waals surface area contributed by atoms with E-state index in [1.165, 1.54) is 0 Å². The Balaban J connectivity index is 2.37. The molecule has 1 aromatic carbocycles.